The highest BCUT2D eigenvalue weighted by Crippen LogP contribution is 2.30. The molecule has 1 aliphatic carbocycles. The van der Waals surface area contributed by atoms with Crippen LogP contribution in [0.2, 0.25) is 0 Å². The summed E-state index contributed by atoms with van der Waals surface area (Å²) in [4.78, 5) is 11.9. The molecule has 1 aliphatic rings. The summed E-state index contributed by atoms with van der Waals surface area (Å²) >= 11 is 0. The van der Waals surface area contributed by atoms with Crippen LogP contribution in [0.5, 0.6) is 0 Å². The molecule has 0 aliphatic heterocycles. The highest BCUT2D eigenvalue weighted by atomic mass is 16.1. The molecule has 1 unspecified atom stereocenters. The minimum absolute atomic E-state index is 0.0805. The smallest absolute Gasteiger partial charge is 0.224 e. The molecule has 18 heavy (non-hydrogen) atoms. The molecule has 0 radical (unpaired) electrons. The molecule has 3 nitrogen and oxygen atoms in total. The molecule has 0 aromatic carbocycles. The second kappa shape index (κ2) is 8.52. The van der Waals surface area contributed by atoms with E-state index in [-0.39, 0.29) is 11.8 Å². The molecule has 1 fully saturated rings. The van der Waals surface area contributed by atoms with Crippen molar-refractivity contribution in [2.45, 2.75) is 52.9 Å². The summed E-state index contributed by atoms with van der Waals surface area (Å²) in [6, 6.07) is 0. The lowest BCUT2D eigenvalue weighted by atomic mass is 9.81. The van der Waals surface area contributed by atoms with Crippen LogP contribution < -0.4 is 10.6 Å². The molecule has 1 rings (SSSR count). The Hall–Kier alpha value is -0.570. The topological polar surface area (TPSA) is 41.1 Å². The number of carbonyl (C=O) groups is 1. The first-order valence-corrected chi connectivity index (χ1v) is 7.65. The van der Waals surface area contributed by atoms with Gasteiger partial charge in [0.25, 0.3) is 0 Å². The van der Waals surface area contributed by atoms with E-state index in [1.54, 1.807) is 0 Å². The van der Waals surface area contributed by atoms with Crippen LogP contribution in [0.15, 0.2) is 0 Å². The third-order valence-corrected chi connectivity index (χ3v) is 4.26. The van der Waals surface area contributed by atoms with Gasteiger partial charge in [0.15, 0.2) is 0 Å². The third-order valence-electron chi connectivity index (χ3n) is 4.26. The Labute approximate surface area is 112 Å². The van der Waals surface area contributed by atoms with E-state index in [0.717, 1.165) is 25.6 Å². The largest absolute Gasteiger partial charge is 0.356 e. The monoisotopic (exact) mass is 254 g/mol. The second-order valence-electron chi connectivity index (χ2n) is 5.75. The Morgan fingerprint density at radius 1 is 1.17 bits per heavy atom. The van der Waals surface area contributed by atoms with Crippen molar-refractivity contribution in [1.29, 1.82) is 0 Å². The van der Waals surface area contributed by atoms with Gasteiger partial charge in [0.05, 0.1) is 0 Å². The summed E-state index contributed by atoms with van der Waals surface area (Å²) in [5.74, 6) is 1.93. The minimum atomic E-state index is 0.0805. The van der Waals surface area contributed by atoms with Crippen LogP contribution in [0.3, 0.4) is 0 Å². The lowest BCUT2D eigenvalue weighted by Gasteiger charge is -2.28. The number of hydrogen-bond acceptors (Lipinski definition) is 2. The van der Waals surface area contributed by atoms with Crippen molar-refractivity contribution in [3.05, 3.63) is 0 Å². The van der Waals surface area contributed by atoms with Crippen LogP contribution in [-0.2, 0) is 4.79 Å². The number of nitrogens with one attached hydrogen (secondary N) is 2. The third kappa shape index (κ3) is 5.38. The van der Waals surface area contributed by atoms with Crippen molar-refractivity contribution >= 4 is 5.91 Å². The predicted octanol–water partition coefficient (Wildman–Crippen LogP) is 2.56. The average Bonchev–Trinajstić information content (AvgIpc) is 2.42. The summed E-state index contributed by atoms with van der Waals surface area (Å²) in [7, 11) is 0. The van der Waals surface area contributed by atoms with Gasteiger partial charge in [-0.2, -0.15) is 0 Å². The van der Waals surface area contributed by atoms with Crippen LogP contribution >= 0.6 is 0 Å². The Morgan fingerprint density at radius 3 is 2.33 bits per heavy atom. The van der Waals surface area contributed by atoms with Crippen molar-refractivity contribution in [3.8, 4) is 0 Å². The normalized spacial score (nSPS) is 25.7. The SMILES string of the molecule is CCNCC(C)C(=O)NCC1CCC(CC)CC1. The van der Waals surface area contributed by atoms with Crippen molar-refractivity contribution in [2.24, 2.45) is 17.8 Å². The van der Waals surface area contributed by atoms with Gasteiger partial charge in [-0.05, 0) is 31.2 Å². The van der Waals surface area contributed by atoms with E-state index in [1.807, 2.05) is 6.92 Å². The summed E-state index contributed by atoms with van der Waals surface area (Å²) < 4.78 is 0. The zero-order valence-electron chi connectivity index (χ0n) is 12.3. The van der Waals surface area contributed by atoms with Crippen molar-refractivity contribution in [1.82, 2.24) is 10.6 Å². The van der Waals surface area contributed by atoms with Gasteiger partial charge in [0.1, 0.15) is 0 Å². The zero-order chi connectivity index (χ0) is 13.4. The van der Waals surface area contributed by atoms with E-state index in [9.17, 15) is 4.79 Å². The number of hydrogen-bond donors (Lipinski definition) is 2. The number of rotatable bonds is 7. The van der Waals surface area contributed by atoms with Gasteiger partial charge in [0.2, 0.25) is 5.91 Å². The molecule has 0 heterocycles. The summed E-state index contributed by atoms with van der Waals surface area (Å²) in [5, 5.41) is 6.33. The Bertz CT molecular complexity index is 235. The van der Waals surface area contributed by atoms with Gasteiger partial charge in [-0.15, -0.1) is 0 Å². The Balaban J connectivity index is 2.15. The molecule has 0 spiro atoms. The van der Waals surface area contributed by atoms with Gasteiger partial charge in [0, 0.05) is 19.0 Å². The molecule has 0 aromatic rings. The van der Waals surface area contributed by atoms with Crippen LogP contribution in [0.4, 0.5) is 0 Å². The zero-order valence-corrected chi connectivity index (χ0v) is 12.3. The standard InChI is InChI=1S/C15H30N2O/c1-4-13-6-8-14(9-7-13)11-17-15(18)12(3)10-16-5-2/h12-14,16H,4-11H2,1-3H3,(H,17,18). The van der Waals surface area contributed by atoms with Crippen molar-refractivity contribution < 1.29 is 4.79 Å². The van der Waals surface area contributed by atoms with Gasteiger partial charge in [-0.3, -0.25) is 4.79 Å². The van der Waals surface area contributed by atoms with Crippen LogP contribution in [-0.4, -0.2) is 25.5 Å². The van der Waals surface area contributed by atoms with Gasteiger partial charge < -0.3 is 10.6 Å². The summed E-state index contributed by atoms with van der Waals surface area (Å²) in [5.41, 5.74) is 0. The second-order valence-corrected chi connectivity index (χ2v) is 5.75. The molecule has 1 saturated carbocycles. The fraction of sp³-hybridized carbons (Fsp3) is 0.933. The highest BCUT2D eigenvalue weighted by Gasteiger charge is 2.21. The van der Waals surface area contributed by atoms with E-state index < -0.39 is 0 Å². The molecule has 3 heteroatoms. The highest BCUT2D eigenvalue weighted by molar-refractivity contribution is 5.78. The van der Waals surface area contributed by atoms with Gasteiger partial charge in [-0.25, -0.2) is 0 Å². The molecule has 0 saturated heterocycles. The maximum absolute atomic E-state index is 11.9. The van der Waals surface area contributed by atoms with Crippen LogP contribution in [0.25, 0.3) is 0 Å². The average molecular weight is 254 g/mol. The fourth-order valence-electron chi connectivity index (χ4n) is 2.72. The maximum atomic E-state index is 11.9. The van der Waals surface area contributed by atoms with E-state index in [1.165, 1.54) is 32.1 Å². The molecule has 1 amide bonds. The summed E-state index contributed by atoms with van der Waals surface area (Å²) in [6.45, 7) is 8.94. The van der Waals surface area contributed by atoms with Crippen LogP contribution in [0.1, 0.15) is 52.9 Å². The number of amides is 1. The maximum Gasteiger partial charge on any atom is 0.224 e. The molecule has 1 atom stereocenters. The molecular weight excluding hydrogens is 224 g/mol. The first-order chi connectivity index (χ1) is 8.67. The Morgan fingerprint density at radius 2 is 1.78 bits per heavy atom. The molecule has 2 N–H and O–H groups in total. The lowest BCUT2D eigenvalue weighted by Crippen LogP contribution is -2.38. The quantitative estimate of drug-likeness (QED) is 0.733. The number of carbonyl (C=O) groups excluding carboxylic acids is 1. The minimum Gasteiger partial charge on any atom is -0.356 e. The molecular formula is C15H30N2O. The molecule has 0 aromatic heterocycles. The van der Waals surface area contributed by atoms with E-state index >= 15 is 0 Å². The van der Waals surface area contributed by atoms with E-state index in [4.69, 9.17) is 0 Å². The first-order valence-electron chi connectivity index (χ1n) is 7.65. The van der Waals surface area contributed by atoms with E-state index in [2.05, 4.69) is 24.5 Å². The summed E-state index contributed by atoms with van der Waals surface area (Å²) in [6.07, 6.45) is 6.60. The van der Waals surface area contributed by atoms with Crippen molar-refractivity contribution in [3.63, 3.8) is 0 Å². The lowest BCUT2D eigenvalue weighted by molar-refractivity contribution is -0.124. The van der Waals surface area contributed by atoms with Crippen molar-refractivity contribution in [2.75, 3.05) is 19.6 Å². The Kier molecular flexibility index (Phi) is 7.33. The molecule has 106 valence electrons. The molecule has 0 bridgehead atoms. The predicted molar refractivity (Wildman–Crippen MR) is 76.5 cm³/mol. The van der Waals surface area contributed by atoms with Gasteiger partial charge in [-0.1, -0.05) is 40.0 Å². The first kappa shape index (κ1) is 15.5. The van der Waals surface area contributed by atoms with Gasteiger partial charge >= 0.3 is 0 Å². The van der Waals surface area contributed by atoms with E-state index in [0.29, 0.717) is 5.92 Å². The van der Waals surface area contributed by atoms with Crippen LogP contribution in [0, 0.1) is 17.8 Å². The fourth-order valence-corrected chi connectivity index (χ4v) is 2.72.